The van der Waals surface area contributed by atoms with Crippen LogP contribution in [0.5, 0.6) is 5.75 Å². The first kappa shape index (κ1) is 13.2. The quantitative estimate of drug-likeness (QED) is 0.702. The Labute approximate surface area is 113 Å². The highest BCUT2D eigenvalue weighted by Crippen LogP contribution is 2.12. The molecule has 0 aliphatic carbocycles. The first-order valence-electron chi connectivity index (χ1n) is 5.55. The molecular formula is C12H13N3O3S. The maximum absolute atomic E-state index is 11.5. The molecule has 2 rings (SSSR count). The lowest BCUT2D eigenvalue weighted by atomic mass is 10.3. The molecule has 0 aliphatic rings. The Kier molecular flexibility index (Phi) is 4.19. The topological polar surface area (TPSA) is 97.2 Å². The van der Waals surface area contributed by atoms with E-state index >= 15 is 0 Å². The summed E-state index contributed by atoms with van der Waals surface area (Å²) >= 11 is 1.06. The second-order valence-electron chi connectivity index (χ2n) is 3.81. The zero-order valence-corrected chi connectivity index (χ0v) is 10.8. The van der Waals surface area contributed by atoms with Crippen molar-refractivity contribution < 1.29 is 9.53 Å². The zero-order chi connectivity index (χ0) is 13.7. The Morgan fingerprint density at radius 1 is 1.37 bits per heavy atom. The molecule has 100 valence electrons. The molecule has 4 N–H and O–H groups in total. The molecule has 1 amide bonds. The molecular weight excluding hydrogens is 266 g/mol. The molecule has 6 nitrogen and oxygen atoms in total. The Hall–Kier alpha value is -2.28. The van der Waals surface area contributed by atoms with Crippen molar-refractivity contribution in [3.63, 3.8) is 0 Å². The summed E-state index contributed by atoms with van der Waals surface area (Å²) in [5.41, 5.74) is 6.85. The number of aromatic nitrogens is 1. The molecule has 0 fully saturated rings. The van der Waals surface area contributed by atoms with Crippen LogP contribution in [0.2, 0.25) is 0 Å². The average Bonchev–Trinajstić information content (AvgIpc) is 2.81. The maximum Gasteiger partial charge on any atom is 0.304 e. The molecule has 1 aromatic carbocycles. The normalized spacial score (nSPS) is 10.1. The summed E-state index contributed by atoms with van der Waals surface area (Å²) in [5.74, 6) is 0.317. The Morgan fingerprint density at radius 3 is 2.74 bits per heavy atom. The molecule has 2 aromatic rings. The maximum atomic E-state index is 11.5. The fraction of sp³-hybridized carbons (Fsp3) is 0.167. The molecule has 19 heavy (non-hydrogen) atoms. The number of carbonyl (C=O) groups is 1. The van der Waals surface area contributed by atoms with Crippen LogP contribution in [0.4, 0.5) is 5.69 Å². The Balaban J connectivity index is 1.75. The summed E-state index contributed by atoms with van der Waals surface area (Å²) in [7, 11) is 0. The minimum atomic E-state index is -0.260. The summed E-state index contributed by atoms with van der Waals surface area (Å²) < 4.78 is 5.28. The van der Waals surface area contributed by atoms with E-state index in [0.29, 0.717) is 17.1 Å². The van der Waals surface area contributed by atoms with Crippen LogP contribution in [0.3, 0.4) is 0 Å². The van der Waals surface area contributed by atoms with Crippen molar-refractivity contribution in [3.8, 4) is 5.75 Å². The van der Waals surface area contributed by atoms with Gasteiger partial charge in [0.25, 0.3) is 5.91 Å². The number of aromatic amines is 1. The van der Waals surface area contributed by atoms with E-state index in [0.717, 1.165) is 11.3 Å². The third-order valence-corrected chi connectivity index (χ3v) is 3.02. The number of H-pyrrole nitrogens is 1. The van der Waals surface area contributed by atoms with Crippen LogP contribution in [-0.4, -0.2) is 17.5 Å². The van der Waals surface area contributed by atoms with Gasteiger partial charge in [0.1, 0.15) is 5.75 Å². The number of rotatable bonds is 5. The highest BCUT2D eigenvalue weighted by molar-refractivity contribution is 7.07. The Bertz CT molecular complexity index is 603. The first-order chi connectivity index (χ1) is 9.13. The van der Waals surface area contributed by atoms with E-state index in [1.54, 1.807) is 29.6 Å². The monoisotopic (exact) mass is 279 g/mol. The van der Waals surface area contributed by atoms with Crippen molar-refractivity contribution in [2.75, 3.05) is 12.3 Å². The van der Waals surface area contributed by atoms with E-state index in [4.69, 9.17) is 10.5 Å². The number of carbonyl (C=O) groups excluding carboxylic acids is 1. The number of nitrogens with two attached hydrogens (primary N) is 1. The number of nitrogen functional groups attached to an aromatic ring is 1. The smallest absolute Gasteiger partial charge is 0.304 e. The van der Waals surface area contributed by atoms with Gasteiger partial charge in [-0.1, -0.05) is 11.3 Å². The van der Waals surface area contributed by atoms with Crippen LogP contribution in [0, 0.1) is 0 Å². The van der Waals surface area contributed by atoms with E-state index in [9.17, 15) is 9.59 Å². The van der Waals surface area contributed by atoms with Crippen molar-refractivity contribution in [2.45, 2.75) is 6.54 Å². The van der Waals surface area contributed by atoms with E-state index in [-0.39, 0.29) is 23.9 Å². The number of benzene rings is 1. The van der Waals surface area contributed by atoms with Gasteiger partial charge in [-0.2, -0.15) is 0 Å². The van der Waals surface area contributed by atoms with Crippen LogP contribution < -0.4 is 20.7 Å². The minimum absolute atomic E-state index is 0.0850. The van der Waals surface area contributed by atoms with Crippen LogP contribution in [0.15, 0.2) is 34.4 Å². The number of hydrogen-bond donors (Lipinski definition) is 3. The predicted molar refractivity (Wildman–Crippen MR) is 73.1 cm³/mol. The van der Waals surface area contributed by atoms with Crippen LogP contribution >= 0.6 is 11.3 Å². The van der Waals surface area contributed by atoms with Gasteiger partial charge in [-0.05, 0) is 24.3 Å². The molecule has 0 radical (unpaired) electrons. The van der Waals surface area contributed by atoms with Gasteiger partial charge in [-0.3, -0.25) is 9.59 Å². The lowest BCUT2D eigenvalue weighted by molar-refractivity contribution is -0.123. The second kappa shape index (κ2) is 6.05. The molecule has 0 spiro atoms. The van der Waals surface area contributed by atoms with Gasteiger partial charge in [0.15, 0.2) is 6.61 Å². The third-order valence-electron chi connectivity index (χ3n) is 2.30. The first-order valence-corrected chi connectivity index (χ1v) is 6.43. The average molecular weight is 279 g/mol. The second-order valence-corrected chi connectivity index (χ2v) is 4.65. The van der Waals surface area contributed by atoms with Gasteiger partial charge >= 0.3 is 4.87 Å². The lowest BCUT2D eigenvalue weighted by Gasteiger charge is -2.06. The number of ether oxygens (including phenoxy) is 1. The van der Waals surface area contributed by atoms with E-state index < -0.39 is 0 Å². The third kappa shape index (κ3) is 4.14. The lowest BCUT2D eigenvalue weighted by Crippen LogP contribution is -2.28. The van der Waals surface area contributed by atoms with Crippen LogP contribution in [-0.2, 0) is 11.3 Å². The van der Waals surface area contributed by atoms with Gasteiger partial charge in [0.05, 0.1) is 6.54 Å². The summed E-state index contributed by atoms with van der Waals surface area (Å²) in [6.07, 6.45) is 0. The van der Waals surface area contributed by atoms with Gasteiger partial charge in [-0.15, -0.1) is 0 Å². The molecule has 7 heteroatoms. The van der Waals surface area contributed by atoms with Crippen molar-refractivity contribution in [1.29, 1.82) is 0 Å². The largest absolute Gasteiger partial charge is 0.484 e. The van der Waals surface area contributed by atoms with E-state index in [1.165, 1.54) is 0 Å². The molecule has 0 atom stereocenters. The van der Waals surface area contributed by atoms with Gasteiger partial charge in [0.2, 0.25) is 0 Å². The van der Waals surface area contributed by atoms with Crippen molar-refractivity contribution in [3.05, 3.63) is 45.0 Å². The minimum Gasteiger partial charge on any atom is -0.484 e. The van der Waals surface area contributed by atoms with Gasteiger partial charge < -0.3 is 20.8 Å². The molecule has 0 saturated heterocycles. The predicted octanol–water partition coefficient (Wildman–Crippen LogP) is 0.714. The van der Waals surface area contributed by atoms with Crippen molar-refractivity contribution >= 4 is 22.9 Å². The van der Waals surface area contributed by atoms with Crippen molar-refractivity contribution in [1.82, 2.24) is 10.3 Å². The van der Waals surface area contributed by atoms with Crippen LogP contribution in [0.1, 0.15) is 5.69 Å². The van der Waals surface area contributed by atoms with Gasteiger partial charge in [0, 0.05) is 16.8 Å². The summed E-state index contributed by atoms with van der Waals surface area (Å²) in [6.45, 7) is 0.195. The fourth-order valence-corrected chi connectivity index (χ4v) is 1.94. The standard InChI is InChI=1S/C12H13N3O3S/c13-8-1-3-10(4-2-8)18-6-11(16)14-5-9-7-19-12(17)15-9/h1-4,7H,5-6,13H2,(H,14,16)(H,15,17). The zero-order valence-electron chi connectivity index (χ0n) is 10.0. The number of hydrogen-bond acceptors (Lipinski definition) is 5. The van der Waals surface area contributed by atoms with E-state index in [1.807, 2.05) is 0 Å². The number of thiazole rings is 1. The molecule has 0 aliphatic heterocycles. The van der Waals surface area contributed by atoms with Gasteiger partial charge in [-0.25, -0.2) is 0 Å². The number of nitrogens with one attached hydrogen (secondary N) is 2. The summed E-state index contributed by atoms with van der Waals surface area (Å²) in [5, 5.41) is 4.31. The highest BCUT2D eigenvalue weighted by Gasteiger charge is 2.04. The molecule has 0 unspecified atom stereocenters. The molecule has 1 aromatic heterocycles. The van der Waals surface area contributed by atoms with Crippen LogP contribution in [0.25, 0.3) is 0 Å². The fourth-order valence-electron chi connectivity index (χ4n) is 1.36. The molecule has 1 heterocycles. The molecule has 0 bridgehead atoms. The highest BCUT2D eigenvalue weighted by atomic mass is 32.1. The van der Waals surface area contributed by atoms with E-state index in [2.05, 4.69) is 10.3 Å². The summed E-state index contributed by atoms with van der Waals surface area (Å²) in [6, 6.07) is 6.78. The Morgan fingerprint density at radius 2 is 2.11 bits per heavy atom. The summed E-state index contributed by atoms with van der Waals surface area (Å²) in [4.78, 5) is 24.9. The number of amides is 1. The number of anilines is 1. The van der Waals surface area contributed by atoms with Crippen molar-refractivity contribution in [2.24, 2.45) is 0 Å². The molecule has 0 saturated carbocycles. The SMILES string of the molecule is Nc1ccc(OCC(=O)NCc2csc(=O)[nH]2)cc1.